The average Bonchev–Trinajstić information content (AvgIpc) is 2.99. The van der Waals surface area contributed by atoms with Crippen LogP contribution in [0.25, 0.3) is 11.0 Å². The van der Waals surface area contributed by atoms with Gasteiger partial charge in [0.2, 0.25) is 0 Å². The SMILES string of the molecule is CCn1c(CCNC(=O)NC2CCC(C(=O)O)CC2)nc2ccccc21. The van der Waals surface area contributed by atoms with Crippen LogP contribution in [0.2, 0.25) is 0 Å². The maximum Gasteiger partial charge on any atom is 0.315 e. The Morgan fingerprint density at radius 1 is 1.23 bits per heavy atom. The zero-order valence-electron chi connectivity index (χ0n) is 15.1. The lowest BCUT2D eigenvalue weighted by Crippen LogP contribution is -2.44. The van der Waals surface area contributed by atoms with Crippen molar-refractivity contribution in [3.05, 3.63) is 30.1 Å². The van der Waals surface area contributed by atoms with Gasteiger partial charge < -0.3 is 20.3 Å². The molecular weight excluding hydrogens is 332 g/mol. The molecule has 1 heterocycles. The van der Waals surface area contributed by atoms with Crippen LogP contribution in [0.3, 0.4) is 0 Å². The number of aromatic nitrogens is 2. The van der Waals surface area contributed by atoms with Crippen LogP contribution in [0.15, 0.2) is 24.3 Å². The monoisotopic (exact) mass is 358 g/mol. The summed E-state index contributed by atoms with van der Waals surface area (Å²) in [5, 5.41) is 14.9. The number of aliphatic carboxylic acids is 1. The van der Waals surface area contributed by atoms with E-state index in [9.17, 15) is 9.59 Å². The molecule has 26 heavy (non-hydrogen) atoms. The molecule has 140 valence electrons. The Bertz CT molecular complexity index is 778. The van der Waals surface area contributed by atoms with E-state index in [1.165, 1.54) is 0 Å². The Balaban J connectivity index is 1.46. The number of hydrogen-bond donors (Lipinski definition) is 3. The Labute approximate surface area is 152 Å². The number of hydrogen-bond acceptors (Lipinski definition) is 3. The van der Waals surface area contributed by atoms with Crippen LogP contribution in [-0.4, -0.2) is 39.2 Å². The van der Waals surface area contributed by atoms with Gasteiger partial charge >= 0.3 is 12.0 Å². The minimum absolute atomic E-state index is 0.0609. The molecule has 1 saturated carbocycles. The first-order valence-electron chi connectivity index (χ1n) is 9.29. The van der Waals surface area contributed by atoms with E-state index in [-0.39, 0.29) is 18.0 Å². The minimum Gasteiger partial charge on any atom is -0.481 e. The van der Waals surface area contributed by atoms with E-state index in [0.29, 0.717) is 25.8 Å². The molecule has 2 aromatic rings. The third-order valence-electron chi connectivity index (χ3n) is 5.10. The van der Waals surface area contributed by atoms with Gasteiger partial charge in [-0.2, -0.15) is 0 Å². The summed E-state index contributed by atoms with van der Waals surface area (Å²) in [5.41, 5.74) is 2.09. The standard InChI is InChI=1S/C19H26N4O3/c1-2-23-16-6-4-3-5-15(16)22-17(23)11-12-20-19(26)21-14-9-7-13(8-10-14)18(24)25/h3-6,13-14H,2,7-12H2,1H3,(H,24,25)(H2,20,21,26). The topological polar surface area (TPSA) is 96.2 Å². The van der Waals surface area contributed by atoms with Crippen LogP contribution < -0.4 is 10.6 Å². The van der Waals surface area contributed by atoms with Crippen LogP contribution >= 0.6 is 0 Å². The molecule has 1 aromatic heterocycles. The highest BCUT2D eigenvalue weighted by Crippen LogP contribution is 2.24. The predicted octanol–water partition coefficient (Wildman–Crippen LogP) is 2.54. The van der Waals surface area contributed by atoms with E-state index < -0.39 is 5.97 Å². The molecule has 7 nitrogen and oxygen atoms in total. The van der Waals surface area contributed by atoms with E-state index >= 15 is 0 Å². The van der Waals surface area contributed by atoms with Crippen molar-refractivity contribution < 1.29 is 14.7 Å². The number of urea groups is 1. The summed E-state index contributed by atoms with van der Waals surface area (Å²) < 4.78 is 2.17. The fourth-order valence-electron chi connectivity index (χ4n) is 3.68. The van der Waals surface area contributed by atoms with Crippen molar-refractivity contribution in [2.24, 2.45) is 5.92 Å². The summed E-state index contributed by atoms with van der Waals surface area (Å²) in [6.07, 6.45) is 3.36. The lowest BCUT2D eigenvalue weighted by atomic mass is 9.86. The molecule has 1 aliphatic rings. The number of carboxylic acid groups (broad SMARTS) is 1. The second kappa shape index (κ2) is 8.21. The number of carboxylic acids is 1. The van der Waals surface area contributed by atoms with E-state index in [1.54, 1.807) is 0 Å². The molecule has 1 aliphatic carbocycles. The normalized spacial score (nSPS) is 20.0. The number of benzene rings is 1. The van der Waals surface area contributed by atoms with E-state index in [4.69, 9.17) is 5.11 Å². The number of imidazole rings is 1. The van der Waals surface area contributed by atoms with Crippen molar-refractivity contribution in [2.45, 2.75) is 51.6 Å². The van der Waals surface area contributed by atoms with Crippen LogP contribution in [0.4, 0.5) is 4.79 Å². The zero-order valence-corrected chi connectivity index (χ0v) is 15.1. The first-order chi connectivity index (χ1) is 12.6. The minimum atomic E-state index is -0.730. The van der Waals surface area contributed by atoms with Gasteiger partial charge in [-0.15, -0.1) is 0 Å². The number of rotatable bonds is 6. The van der Waals surface area contributed by atoms with Gasteiger partial charge in [-0.05, 0) is 44.7 Å². The van der Waals surface area contributed by atoms with Crippen molar-refractivity contribution in [1.29, 1.82) is 0 Å². The number of amides is 2. The molecule has 0 radical (unpaired) electrons. The zero-order chi connectivity index (χ0) is 18.5. The molecule has 0 aliphatic heterocycles. The first-order valence-corrected chi connectivity index (χ1v) is 9.29. The summed E-state index contributed by atoms with van der Waals surface area (Å²) >= 11 is 0. The van der Waals surface area contributed by atoms with Crippen molar-refractivity contribution in [3.8, 4) is 0 Å². The van der Waals surface area contributed by atoms with Crippen molar-refractivity contribution in [1.82, 2.24) is 20.2 Å². The Hall–Kier alpha value is -2.57. The van der Waals surface area contributed by atoms with Crippen LogP contribution in [0.1, 0.15) is 38.4 Å². The van der Waals surface area contributed by atoms with Crippen LogP contribution in [-0.2, 0) is 17.8 Å². The van der Waals surface area contributed by atoms with Crippen molar-refractivity contribution >= 4 is 23.0 Å². The molecule has 0 saturated heterocycles. The molecule has 7 heteroatoms. The molecule has 1 fully saturated rings. The molecule has 2 amide bonds. The van der Waals surface area contributed by atoms with Gasteiger partial charge in [-0.1, -0.05) is 12.1 Å². The number of para-hydroxylation sites is 2. The summed E-state index contributed by atoms with van der Waals surface area (Å²) in [6, 6.07) is 7.91. The lowest BCUT2D eigenvalue weighted by Gasteiger charge is -2.26. The fraction of sp³-hybridized carbons (Fsp3) is 0.526. The molecule has 3 rings (SSSR count). The second-order valence-corrected chi connectivity index (χ2v) is 6.80. The summed E-state index contributed by atoms with van der Waals surface area (Å²) in [7, 11) is 0. The molecule has 0 atom stereocenters. The number of carbonyl (C=O) groups is 2. The predicted molar refractivity (Wildman–Crippen MR) is 99.0 cm³/mol. The molecular formula is C19H26N4O3. The van der Waals surface area contributed by atoms with E-state index in [2.05, 4.69) is 33.2 Å². The highest BCUT2D eigenvalue weighted by atomic mass is 16.4. The largest absolute Gasteiger partial charge is 0.481 e. The van der Waals surface area contributed by atoms with Gasteiger partial charge in [0.25, 0.3) is 0 Å². The molecule has 0 bridgehead atoms. The van der Waals surface area contributed by atoms with Gasteiger partial charge in [-0.25, -0.2) is 9.78 Å². The van der Waals surface area contributed by atoms with Gasteiger partial charge in [0, 0.05) is 25.6 Å². The Morgan fingerprint density at radius 3 is 2.65 bits per heavy atom. The average molecular weight is 358 g/mol. The van der Waals surface area contributed by atoms with Gasteiger partial charge in [0.05, 0.1) is 17.0 Å². The quantitative estimate of drug-likeness (QED) is 0.739. The number of carbonyl (C=O) groups excluding carboxylic acids is 1. The third-order valence-corrected chi connectivity index (χ3v) is 5.10. The Kier molecular flexibility index (Phi) is 5.75. The fourth-order valence-corrected chi connectivity index (χ4v) is 3.68. The van der Waals surface area contributed by atoms with Crippen molar-refractivity contribution in [2.75, 3.05) is 6.54 Å². The van der Waals surface area contributed by atoms with Crippen LogP contribution in [0.5, 0.6) is 0 Å². The first kappa shape index (κ1) is 18.2. The number of fused-ring (bicyclic) bond motifs is 1. The number of nitrogens with zero attached hydrogens (tertiary/aromatic N) is 2. The van der Waals surface area contributed by atoms with Gasteiger partial charge in [0.15, 0.2) is 0 Å². The highest BCUT2D eigenvalue weighted by Gasteiger charge is 2.26. The lowest BCUT2D eigenvalue weighted by molar-refractivity contribution is -0.142. The second-order valence-electron chi connectivity index (χ2n) is 6.80. The van der Waals surface area contributed by atoms with Gasteiger partial charge in [-0.3, -0.25) is 4.79 Å². The van der Waals surface area contributed by atoms with E-state index in [0.717, 1.165) is 36.2 Å². The Morgan fingerprint density at radius 2 is 1.96 bits per heavy atom. The number of nitrogens with one attached hydrogen (secondary N) is 2. The molecule has 0 spiro atoms. The third kappa shape index (κ3) is 4.15. The molecule has 1 aromatic carbocycles. The van der Waals surface area contributed by atoms with Crippen molar-refractivity contribution in [3.63, 3.8) is 0 Å². The van der Waals surface area contributed by atoms with Crippen LogP contribution in [0, 0.1) is 5.92 Å². The molecule has 3 N–H and O–H groups in total. The van der Waals surface area contributed by atoms with E-state index in [1.807, 2.05) is 18.2 Å². The molecule has 0 unspecified atom stereocenters. The smallest absolute Gasteiger partial charge is 0.315 e. The summed E-state index contributed by atoms with van der Waals surface area (Å²) in [6.45, 7) is 3.44. The summed E-state index contributed by atoms with van der Waals surface area (Å²) in [4.78, 5) is 27.7. The maximum atomic E-state index is 12.1. The van der Waals surface area contributed by atoms with Gasteiger partial charge in [0.1, 0.15) is 5.82 Å². The summed E-state index contributed by atoms with van der Waals surface area (Å²) in [5.74, 6) is -0.0270. The highest BCUT2D eigenvalue weighted by molar-refractivity contribution is 5.76. The maximum absolute atomic E-state index is 12.1. The number of aryl methyl sites for hydroxylation is 1.